The van der Waals surface area contributed by atoms with Gasteiger partial charge in [0.15, 0.2) is 5.96 Å². The molecule has 2 aliphatic heterocycles. The maximum atomic E-state index is 12.2. The van der Waals surface area contributed by atoms with Crippen molar-refractivity contribution in [2.75, 3.05) is 46.9 Å². The highest BCUT2D eigenvalue weighted by Gasteiger charge is 2.28. The summed E-state index contributed by atoms with van der Waals surface area (Å²) in [4.78, 5) is 21.2. The number of carbonyl (C=O) groups excluding carboxylic acids is 1. The molecule has 0 aliphatic carbocycles. The van der Waals surface area contributed by atoms with Crippen LogP contribution in [0.25, 0.3) is 0 Å². The number of rotatable bonds is 7. The molecule has 8 heteroatoms. The normalized spacial score (nSPS) is 20.5. The lowest BCUT2D eigenvalue weighted by atomic mass is 10.1. The molecule has 1 aromatic rings. The maximum Gasteiger partial charge on any atom is 0.225 e. The van der Waals surface area contributed by atoms with Crippen molar-refractivity contribution in [2.24, 2.45) is 10.9 Å². The minimum atomic E-state index is 0. The lowest BCUT2D eigenvalue weighted by molar-refractivity contribution is -0.133. The smallest absolute Gasteiger partial charge is 0.225 e. The van der Waals surface area contributed by atoms with E-state index in [2.05, 4.69) is 32.7 Å². The number of likely N-dealkylation sites (tertiary alicyclic amines) is 2. The van der Waals surface area contributed by atoms with Crippen molar-refractivity contribution >= 4 is 35.8 Å². The fourth-order valence-electron chi connectivity index (χ4n) is 4.36. The lowest BCUT2D eigenvalue weighted by Gasteiger charge is -2.29. The summed E-state index contributed by atoms with van der Waals surface area (Å²) in [6, 6.07) is 8.91. The molecule has 2 unspecified atom stereocenters. The Bertz CT molecular complexity index is 719. The topological polar surface area (TPSA) is 69.2 Å². The predicted octanol–water partition coefficient (Wildman–Crippen LogP) is 2.87. The van der Waals surface area contributed by atoms with Gasteiger partial charge >= 0.3 is 0 Å². The van der Waals surface area contributed by atoms with Gasteiger partial charge in [0.2, 0.25) is 5.91 Å². The van der Waals surface area contributed by atoms with Gasteiger partial charge in [0.1, 0.15) is 5.75 Å². The molecule has 0 spiro atoms. The Balaban J connectivity index is 0.00000341. The highest BCUT2D eigenvalue weighted by molar-refractivity contribution is 14.0. The Hall–Kier alpha value is -1.55. The molecule has 1 aromatic carbocycles. The Morgan fingerprint density at radius 3 is 2.45 bits per heavy atom. The molecule has 0 saturated carbocycles. The summed E-state index contributed by atoms with van der Waals surface area (Å²) in [7, 11) is 3.50. The van der Waals surface area contributed by atoms with Crippen LogP contribution in [0.3, 0.4) is 0 Å². The van der Waals surface area contributed by atoms with Crippen LogP contribution in [0.4, 0.5) is 0 Å². The second-order valence-corrected chi connectivity index (χ2v) is 8.55. The van der Waals surface area contributed by atoms with Crippen LogP contribution in [0.1, 0.15) is 44.7 Å². The van der Waals surface area contributed by atoms with Crippen LogP contribution in [0.2, 0.25) is 0 Å². The van der Waals surface area contributed by atoms with Crippen LogP contribution < -0.4 is 15.4 Å². The maximum absolute atomic E-state index is 12.2. The Morgan fingerprint density at radius 1 is 1.19 bits per heavy atom. The van der Waals surface area contributed by atoms with E-state index in [0.29, 0.717) is 6.04 Å². The van der Waals surface area contributed by atoms with E-state index in [4.69, 9.17) is 4.74 Å². The highest BCUT2D eigenvalue weighted by atomic mass is 127. The minimum Gasteiger partial charge on any atom is -0.497 e. The summed E-state index contributed by atoms with van der Waals surface area (Å²) < 4.78 is 5.32. The number of methoxy groups -OCH3 is 1. The van der Waals surface area contributed by atoms with Crippen LogP contribution in [0, 0.1) is 5.92 Å². The molecule has 174 valence electrons. The monoisotopic (exact) mass is 543 g/mol. The highest BCUT2D eigenvalue weighted by Crippen LogP contribution is 2.26. The molecule has 1 amide bonds. The average Bonchev–Trinajstić information content (AvgIpc) is 3.45. The van der Waals surface area contributed by atoms with Gasteiger partial charge in [-0.05, 0) is 50.0 Å². The van der Waals surface area contributed by atoms with Crippen molar-refractivity contribution in [1.29, 1.82) is 0 Å². The van der Waals surface area contributed by atoms with E-state index < -0.39 is 0 Å². The molecule has 2 heterocycles. The van der Waals surface area contributed by atoms with E-state index in [1.54, 1.807) is 14.2 Å². The van der Waals surface area contributed by atoms with Crippen molar-refractivity contribution in [3.05, 3.63) is 29.8 Å². The fraction of sp³-hybridized carbons (Fsp3) is 0.652. The number of ether oxygens (including phenoxy) is 1. The lowest BCUT2D eigenvalue weighted by Crippen LogP contribution is -2.47. The molecule has 3 rings (SSSR count). The third-order valence-corrected chi connectivity index (χ3v) is 6.10. The van der Waals surface area contributed by atoms with Crippen LogP contribution in [-0.4, -0.2) is 74.6 Å². The van der Waals surface area contributed by atoms with Gasteiger partial charge in [-0.1, -0.05) is 26.0 Å². The molecule has 31 heavy (non-hydrogen) atoms. The SMILES string of the molecule is CN=C(NCC(c1ccc(OC)cc1)N1CCCC1)NC1CCN(C(=O)C(C)C)C1.I. The fourth-order valence-corrected chi connectivity index (χ4v) is 4.36. The van der Waals surface area contributed by atoms with Crippen LogP contribution >= 0.6 is 24.0 Å². The molecule has 2 saturated heterocycles. The molecule has 7 nitrogen and oxygen atoms in total. The van der Waals surface area contributed by atoms with E-state index in [9.17, 15) is 4.79 Å². The first-order chi connectivity index (χ1) is 14.5. The number of nitrogens with one attached hydrogen (secondary N) is 2. The van der Waals surface area contributed by atoms with Gasteiger partial charge in [-0.2, -0.15) is 0 Å². The van der Waals surface area contributed by atoms with Gasteiger partial charge in [0, 0.05) is 38.6 Å². The van der Waals surface area contributed by atoms with E-state index in [-0.39, 0.29) is 41.8 Å². The Kier molecular flexibility index (Phi) is 10.3. The van der Waals surface area contributed by atoms with Gasteiger partial charge < -0.3 is 20.3 Å². The first kappa shape index (κ1) is 25.7. The summed E-state index contributed by atoms with van der Waals surface area (Å²) in [5, 5.41) is 7.04. The zero-order valence-electron chi connectivity index (χ0n) is 19.3. The van der Waals surface area contributed by atoms with Gasteiger partial charge in [0.25, 0.3) is 0 Å². The number of carbonyl (C=O) groups is 1. The number of aliphatic imine (C=N–C) groups is 1. The summed E-state index contributed by atoms with van der Waals surface area (Å²) >= 11 is 0. The number of nitrogens with zero attached hydrogens (tertiary/aromatic N) is 3. The van der Waals surface area contributed by atoms with Crippen molar-refractivity contribution in [3.8, 4) is 5.75 Å². The number of halogens is 1. The predicted molar refractivity (Wildman–Crippen MR) is 136 cm³/mol. The molecule has 0 bridgehead atoms. The molecule has 2 aliphatic rings. The average molecular weight is 543 g/mol. The Labute approximate surface area is 204 Å². The van der Waals surface area contributed by atoms with Gasteiger partial charge in [0.05, 0.1) is 13.2 Å². The standard InChI is InChI=1S/C23H37N5O2.HI/c1-17(2)22(29)28-14-11-19(16-28)26-23(24-3)25-15-21(27-12-5-6-13-27)18-7-9-20(30-4)10-8-18;/h7-10,17,19,21H,5-6,11-16H2,1-4H3,(H2,24,25,26);1H. The van der Waals surface area contributed by atoms with Crippen molar-refractivity contribution < 1.29 is 9.53 Å². The first-order valence-electron chi connectivity index (χ1n) is 11.2. The summed E-state index contributed by atoms with van der Waals surface area (Å²) in [6.07, 6.45) is 3.45. The third kappa shape index (κ3) is 6.97. The van der Waals surface area contributed by atoms with E-state index in [1.807, 2.05) is 30.9 Å². The zero-order chi connectivity index (χ0) is 21.5. The number of hydrogen-bond acceptors (Lipinski definition) is 4. The number of amides is 1. The molecular formula is C23H38IN5O2. The molecule has 2 fully saturated rings. The summed E-state index contributed by atoms with van der Waals surface area (Å²) in [6.45, 7) is 8.51. The largest absolute Gasteiger partial charge is 0.497 e. The van der Waals surface area contributed by atoms with Crippen molar-refractivity contribution in [1.82, 2.24) is 20.4 Å². The van der Waals surface area contributed by atoms with Crippen LogP contribution in [-0.2, 0) is 4.79 Å². The van der Waals surface area contributed by atoms with Gasteiger partial charge in [-0.3, -0.25) is 14.7 Å². The minimum absolute atomic E-state index is 0. The van der Waals surface area contributed by atoms with E-state index in [1.165, 1.54) is 18.4 Å². The quantitative estimate of drug-likeness (QED) is 0.315. The summed E-state index contributed by atoms with van der Waals surface area (Å²) in [5.41, 5.74) is 1.29. The van der Waals surface area contributed by atoms with Gasteiger partial charge in [-0.15, -0.1) is 24.0 Å². The molecule has 2 N–H and O–H groups in total. The van der Waals surface area contributed by atoms with Crippen LogP contribution in [0.15, 0.2) is 29.3 Å². The zero-order valence-corrected chi connectivity index (χ0v) is 21.6. The second-order valence-electron chi connectivity index (χ2n) is 8.55. The molecule has 0 aromatic heterocycles. The second kappa shape index (κ2) is 12.5. The third-order valence-electron chi connectivity index (χ3n) is 6.10. The molecule has 0 radical (unpaired) electrons. The van der Waals surface area contributed by atoms with Crippen molar-refractivity contribution in [2.45, 2.75) is 45.2 Å². The number of guanidine groups is 1. The van der Waals surface area contributed by atoms with E-state index >= 15 is 0 Å². The van der Waals surface area contributed by atoms with Crippen molar-refractivity contribution in [3.63, 3.8) is 0 Å². The Morgan fingerprint density at radius 2 is 1.87 bits per heavy atom. The van der Waals surface area contributed by atoms with Crippen LogP contribution in [0.5, 0.6) is 5.75 Å². The number of benzene rings is 1. The number of hydrogen-bond donors (Lipinski definition) is 2. The molecular weight excluding hydrogens is 505 g/mol. The molecule has 2 atom stereocenters. The first-order valence-corrected chi connectivity index (χ1v) is 11.2. The van der Waals surface area contributed by atoms with E-state index in [0.717, 1.165) is 50.9 Å². The summed E-state index contributed by atoms with van der Waals surface area (Å²) in [5.74, 6) is 1.96. The van der Waals surface area contributed by atoms with Gasteiger partial charge in [-0.25, -0.2) is 0 Å².